The van der Waals surface area contributed by atoms with Gasteiger partial charge in [-0.15, -0.1) is 10.2 Å². The summed E-state index contributed by atoms with van der Waals surface area (Å²) in [6, 6.07) is 11.0. The molecule has 1 heterocycles. The standard InChI is InChI=1S/C19H17ClN4O3S2/c1-11-3-2-4-13(9-11)24-29(26,27)14-7-8-16(20)15(10-14)17(25)21-19-23-22-18(28-19)12-5-6-12/h2-4,7-10,12,24H,5-6H2,1H3,(H,21,23,25). The second kappa shape index (κ2) is 7.74. The van der Waals surface area contributed by atoms with Crippen LogP contribution in [0.3, 0.4) is 0 Å². The first-order chi connectivity index (χ1) is 13.8. The van der Waals surface area contributed by atoms with Crippen LogP contribution < -0.4 is 10.0 Å². The first-order valence-electron chi connectivity index (χ1n) is 8.85. The number of nitrogens with zero attached hydrogens (tertiary/aromatic N) is 2. The van der Waals surface area contributed by atoms with Gasteiger partial charge in [0.1, 0.15) is 5.01 Å². The topological polar surface area (TPSA) is 101 Å². The van der Waals surface area contributed by atoms with E-state index in [2.05, 4.69) is 20.2 Å². The Kier molecular flexibility index (Phi) is 5.28. The number of benzene rings is 2. The molecule has 7 nitrogen and oxygen atoms in total. The molecule has 2 N–H and O–H groups in total. The minimum Gasteiger partial charge on any atom is -0.296 e. The third kappa shape index (κ3) is 4.58. The Bertz CT molecular complexity index is 1190. The van der Waals surface area contributed by atoms with E-state index in [9.17, 15) is 13.2 Å². The zero-order valence-corrected chi connectivity index (χ0v) is 17.7. The predicted molar refractivity (Wildman–Crippen MR) is 113 cm³/mol. The first kappa shape index (κ1) is 19.8. The molecule has 1 aliphatic rings. The maximum atomic E-state index is 12.7. The summed E-state index contributed by atoms with van der Waals surface area (Å²) in [5, 5.41) is 12.1. The van der Waals surface area contributed by atoms with E-state index in [4.69, 9.17) is 11.6 Å². The Labute approximate surface area is 177 Å². The molecule has 4 rings (SSSR count). The van der Waals surface area contributed by atoms with Gasteiger partial charge in [-0.25, -0.2) is 8.42 Å². The molecule has 1 aromatic heterocycles. The molecule has 1 fully saturated rings. The molecule has 3 aromatic rings. The Balaban J connectivity index is 1.56. The molecule has 0 aliphatic heterocycles. The Morgan fingerprint density at radius 3 is 2.69 bits per heavy atom. The lowest BCUT2D eigenvalue weighted by Gasteiger charge is -2.11. The fraction of sp³-hybridized carbons (Fsp3) is 0.211. The highest BCUT2D eigenvalue weighted by molar-refractivity contribution is 7.92. The van der Waals surface area contributed by atoms with Crippen LogP contribution in [0.2, 0.25) is 5.02 Å². The number of sulfonamides is 1. The zero-order chi connectivity index (χ0) is 20.6. The minimum atomic E-state index is -3.89. The van der Waals surface area contributed by atoms with Crippen LogP contribution in [-0.4, -0.2) is 24.5 Å². The Hall–Kier alpha value is -2.49. The molecule has 1 saturated carbocycles. The number of aromatic nitrogens is 2. The molecule has 0 spiro atoms. The number of aryl methyl sites for hydroxylation is 1. The van der Waals surface area contributed by atoms with Crippen molar-refractivity contribution < 1.29 is 13.2 Å². The number of hydrogen-bond donors (Lipinski definition) is 2. The highest BCUT2D eigenvalue weighted by atomic mass is 35.5. The maximum absolute atomic E-state index is 12.7. The second-order valence-electron chi connectivity index (χ2n) is 6.79. The van der Waals surface area contributed by atoms with Gasteiger partial charge >= 0.3 is 0 Å². The lowest BCUT2D eigenvalue weighted by Crippen LogP contribution is -2.16. The fourth-order valence-electron chi connectivity index (χ4n) is 2.71. The number of halogens is 1. The van der Waals surface area contributed by atoms with Crippen LogP contribution in [-0.2, 0) is 10.0 Å². The quantitative estimate of drug-likeness (QED) is 0.580. The van der Waals surface area contributed by atoms with Gasteiger partial charge in [0.25, 0.3) is 15.9 Å². The van der Waals surface area contributed by atoms with Crippen LogP contribution in [0.15, 0.2) is 47.4 Å². The van der Waals surface area contributed by atoms with Crippen LogP contribution in [0.25, 0.3) is 0 Å². The molecule has 29 heavy (non-hydrogen) atoms. The monoisotopic (exact) mass is 448 g/mol. The first-order valence-corrected chi connectivity index (χ1v) is 11.5. The van der Waals surface area contributed by atoms with Gasteiger partial charge in [-0.2, -0.15) is 0 Å². The van der Waals surface area contributed by atoms with Crippen molar-refractivity contribution in [2.75, 3.05) is 10.0 Å². The molecular formula is C19H17ClN4O3S2. The van der Waals surface area contributed by atoms with Crippen molar-refractivity contribution in [3.8, 4) is 0 Å². The van der Waals surface area contributed by atoms with Crippen molar-refractivity contribution in [3.05, 3.63) is 63.6 Å². The molecule has 0 saturated heterocycles. The smallest absolute Gasteiger partial charge is 0.261 e. The largest absolute Gasteiger partial charge is 0.296 e. The van der Waals surface area contributed by atoms with Crippen LogP contribution in [0.5, 0.6) is 0 Å². The van der Waals surface area contributed by atoms with Gasteiger partial charge in [0.05, 0.1) is 15.5 Å². The van der Waals surface area contributed by atoms with Crippen LogP contribution in [0.1, 0.15) is 39.7 Å². The molecule has 0 atom stereocenters. The molecule has 0 radical (unpaired) electrons. The van der Waals surface area contributed by atoms with Crippen molar-refractivity contribution in [1.29, 1.82) is 0 Å². The summed E-state index contributed by atoms with van der Waals surface area (Å²) in [5.41, 5.74) is 1.40. The molecule has 1 amide bonds. The van der Waals surface area contributed by atoms with Gasteiger partial charge < -0.3 is 0 Å². The maximum Gasteiger partial charge on any atom is 0.261 e. The van der Waals surface area contributed by atoms with Crippen LogP contribution in [0.4, 0.5) is 10.8 Å². The third-order valence-corrected chi connectivity index (χ3v) is 7.06. The van der Waals surface area contributed by atoms with E-state index in [1.54, 1.807) is 18.2 Å². The Morgan fingerprint density at radius 2 is 1.97 bits per heavy atom. The normalized spacial score (nSPS) is 13.9. The number of rotatable bonds is 6. The summed E-state index contributed by atoms with van der Waals surface area (Å²) in [6.07, 6.45) is 2.17. The summed E-state index contributed by atoms with van der Waals surface area (Å²) >= 11 is 7.46. The predicted octanol–water partition coefficient (Wildman–Crippen LogP) is 4.43. The highest BCUT2D eigenvalue weighted by Gasteiger charge is 2.28. The number of carbonyl (C=O) groups is 1. The van der Waals surface area contributed by atoms with E-state index >= 15 is 0 Å². The molecular weight excluding hydrogens is 432 g/mol. The van der Waals surface area contributed by atoms with Gasteiger partial charge in [-0.1, -0.05) is 35.1 Å². The Morgan fingerprint density at radius 1 is 1.17 bits per heavy atom. The van der Waals surface area contributed by atoms with Crippen molar-refractivity contribution >= 4 is 49.7 Å². The second-order valence-corrected chi connectivity index (χ2v) is 9.89. The number of amides is 1. The number of hydrogen-bond acceptors (Lipinski definition) is 6. The van der Waals surface area contributed by atoms with E-state index in [1.807, 2.05) is 13.0 Å². The van der Waals surface area contributed by atoms with E-state index in [0.29, 0.717) is 16.7 Å². The third-order valence-electron chi connectivity index (χ3n) is 4.35. The summed E-state index contributed by atoms with van der Waals surface area (Å²) < 4.78 is 28.0. The lowest BCUT2D eigenvalue weighted by atomic mass is 10.2. The molecule has 2 aromatic carbocycles. The summed E-state index contributed by atoms with van der Waals surface area (Å²) in [4.78, 5) is 12.6. The number of nitrogens with one attached hydrogen (secondary N) is 2. The SMILES string of the molecule is Cc1cccc(NS(=O)(=O)c2ccc(Cl)c(C(=O)Nc3nnc(C4CC4)s3)c2)c1. The molecule has 0 unspecified atom stereocenters. The fourth-order valence-corrected chi connectivity index (χ4v) is 4.90. The number of anilines is 2. The molecule has 10 heteroatoms. The van der Waals surface area contributed by atoms with Gasteiger partial charge in [0, 0.05) is 11.6 Å². The van der Waals surface area contributed by atoms with E-state index < -0.39 is 15.9 Å². The molecule has 150 valence electrons. The summed E-state index contributed by atoms with van der Waals surface area (Å²) in [5.74, 6) is -0.107. The van der Waals surface area contributed by atoms with Gasteiger partial charge in [0.15, 0.2) is 0 Å². The highest BCUT2D eigenvalue weighted by Crippen LogP contribution is 2.42. The van der Waals surface area contributed by atoms with Crippen molar-refractivity contribution in [1.82, 2.24) is 10.2 Å². The minimum absolute atomic E-state index is 0.0435. The van der Waals surface area contributed by atoms with E-state index in [-0.39, 0.29) is 15.5 Å². The summed E-state index contributed by atoms with van der Waals surface area (Å²) in [6.45, 7) is 1.87. The lowest BCUT2D eigenvalue weighted by molar-refractivity contribution is 0.102. The average molecular weight is 449 g/mol. The number of carbonyl (C=O) groups excluding carboxylic acids is 1. The average Bonchev–Trinajstić information content (AvgIpc) is 3.41. The molecule has 0 bridgehead atoms. The van der Waals surface area contributed by atoms with Crippen LogP contribution in [0, 0.1) is 6.92 Å². The van der Waals surface area contributed by atoms with Crippen LogP contribution >= 0.6 is 22.9 Å². The summed E-state index contributed by atoms with van der Waals surface area (Å²) in [7, 11) is -3.89. The van der Waals surface area contributed by atoms with Gasteiger partial charge in [-0.3, -0.25) is 14.8 Å². The van der Waals surface area contributed by atoms with Gasteiger partial charge in [0.2, 0.25) is 5.13 Å². The van der Waals surface area contributed by atoms with Crippen molar-refractivity contribution in [2.45, 2.75) is 30.6 Å². The van der Waals surface area contributed by atoms with Gasteiger partial charge in [-0.05, 0) is 55.7 Å². The van der Waals surface area contributed by atoms with Crippen molar-refractivity contribution in [3.63, 3.8) is 0 Å². The zero-order valence-electron chi connectivity index (χ0n) is 15.3. The molecule has 1 aliphatic carbocycles. The van der Waals surface area contributed by atoms with E-state index in [0.717, 1.165) is 23.4 Å². The van der Waals surface area contributed by atoms with E-state index in [1.165, 1.54) is 29.5 Å². The van der Waals surface area contributed by atoms with Crippen molar-refractivity contribution in [2.24, 2.45) is 0 Å².